The summed E-state index contributed by atoms with van der Waals surface area (Å²) in [5, 5.41) is 8.61. The minimum Gasteiger partial charge on any atom is -0.418 e. The van der Waals surface area contributed by atoms with Crippen LogP contribution in [-0.4, -0.2) is 46.3 Å². The second kappa shape index (κ2) is 5.47. The van der Waals surface area contributed by atoms with Gasteiger partial charge in [0.15, 0.2) is 0 Å². The molecule has 0 bridgehead atoms. The predicted molar refractivity (Wildman–Crippen MR) is 73.3 cm³/mol. The molecule has 0 unspecified atom stereocenters. The van der Waals surface area contributed by atoms with Crippen LogP contribution in [0.1, 0.15) is 18.9 Å². The van der Waals surface area contributed by atoms with Crippen molar-refractivity contribution in [3.8, 4) is 11.5 Å². The molecule has 20 heavy (non-hydrogen) atoms. The largest absolute Gasteiger partial charge is 0.418 e. The standard InChI is InChI=1S/C13H15ClN4O2/c1-8-6-18(2)7-11(19-8)13-17-16-12(20-13)9-3-4-15-5-10(9)14/h3-5,8,11H,6-7H2,1-2H3/t8-,11-/m1/s1. The molecule has 0 saturated carbocycles. The number of morpholine rings is 1. The summed E-state index contributed by atoms with van der Waals surface area (Å²) in [7, 11) is 2.04. The summed E-state index contributed by atoms with van der Waals surface area (Å²) in [6.45, 7) is 3.66. The van der Waals surface area contributed by atoms with E-state index < -0.39 is 0 Å². The van der Waals surface area contributed by atoms with Crippen molar-refractivity contribution in [2.45, 2.75) is 19.1 Å². The Hall–Kier alpha value is -1.50. The van der Waals surface area contributed by atoms with Crippen molar-refractivity contribution < 1.29 is 9.15 Å². The minimum atomic E-state index is -0.203. The summed E-state index contributed by atoms with van der Waals surface area (Å²) in [5.74, 6) is 0.864. The van der Waals surface area contributed by atoms with Gasteiger partial charge in [-0.25, -0.2) is 0 Å². The first-order valence-corrected chi connectivity index (χ1v) is 6.78. The van der Waals surface area contributed by atoms with Gasteiger partial charge < -0.3 is 14.1 Å². The highest BCUT2D eigenvalue weighted by atomic mass is 35.5. The summed E-state index contributed by atoms with van der Waals surface area (Å²) in [6, 6.07) is 1.75. The van der Waals surface area contributed by atoms with E-state index in [1.165, 1.54) is 0 Å². The zero-order valence-electron chi connectivity index (χ0n) is 11.3. The second-order valence-corrected chi connectivity index (χ2v) is 5.36. The molecule has 106 valence electrons. The first kappa shape index (κ1) is 13.5. The first-order chi connectivity index (χ1) is 9.63. The van der Waals surface area contributed by atoms with Gasteiger partial charge in [0, 0.05) is 25.5 Å². The molecule has 1 fully saturated rings. The van der Waals surface area contributed by atoms with Gasteiger partial charge in [0.05, 0.1) is 16.7 Å². The number of ether oxygens (including phenoxy) is 1. The summed E-state index contributed by atoms with van der Waals surface area (Å²) in [6.07, 6.45) is 3.12. The molecule has 2 aromatic rings. The second-order valence-electron chi connectivity index (χ2n) is 4.96. The van der Waals surface area contributed by atoms with Crippen molar-refractivity contribution in [1.29, 1.82) is 0 Å². The lowest BCUT2D eigenvalue weighted by Gasteiger charge is -2.32. The molecule has 7 heteroatoms. The van der Waals surface area contributed by atoms with Gasteiger partial charge in [-0.1, -0.05) is 11.6 Å². The van der Waals surface area contributed by atoms with Crippen molar-refractivity contribution in [3.63, 3.8) is 0 Å². The highest BCUT2D eigenvalue weighted by Crippen LogP contribution is 2.29. The third-order valence-electron chi connectivity index (χ3n) is 3.16. The van der Waals surface area contributed by atoms with Crippen LogP contribution in [0.15, 0.2) is 22.9 Å². The van der Waals surface area contributed by atoms with Crippen molar-refractivity contribution in [3.05, 3.63) is 29.4 Å². The maximum Gasteiger partial charge on any atom is 0.249 e. The smallest absolute Gasteiger partial charge is 0.249 e. The fourth-order valence-electron chi connectivity index (χ4n) is 2.32. The van der Waals surface area contributed by atoms with Crippen LogP contribution in [0.5, 0.6) is 0 Å². The maximum atomic E-state index is 6.07. The Balaban J connectivity index is 1.85. The summed E-state index contributed by atoms with van der Waals surface area (Å²) in [4.78, 5) is 6.12. The van der Waals surface area contributed by atoms with E-state index in [9.17, 15) is 0 Å². The zero-order valence-corrected chi connectivity index (χ0v) is 12.0. The molecule has 1 saturated heterocycles. The van der Waals surface area contributed by atoms with Crippen molar-refractivity contribution in [2.24, 2.45) is 0 Å². The van der Waals surface area contributed by atoms with Gasteiger partial charge in [0.1, 0.15) is 6.10 Å². The Labute approximate surface area is 121 Å². The third kappa shape index (κ3) is 2.67. The molecule has 0 aromatic carbocycles. The Morgan fingerprint density at radius 2 is 2.20 bits per heavy atom. The Morgan fingerprint density at radius 1 is 1.35 bits per heavy atom. The average Bonchev–Trinajstić information content (AvgIpc) is 2.87. The van der Waals surface area contributed by atoms with Crippen LogP contribution in [0.2, 0.25) is 5.02 Å². The summed E-state index contributed by atoms with van der Waals surface area (Å²) < 4.78 is 11.5. The van der Waals surface area contributed by atoms with E-state index in [1.54, 1.807) is 18.5 Å². The van der Waals surface area contributed by atoms with Gasteiger partial charge in [-0.2, -0.15) is 0 Å². The van der Waals surface area contributed by atoms with Crippen molar-refractivity contribution in [2.75, 3.05) is 20.1 Å². The number of nitrogens with zero attached hydrogens (tertiary/aromatic N) is 4. The van der Waals surface area contributed by atoms with Gasteiger partial charge in [-0.15, -0.1) is 10.2 Å². The number of rotatable bonds is 2. The topological polar surface area (TPSA) is 64.3 Å². The molecule has 3 heterocycles. The molecule has 0 spiro atoms. The van der Waals surface area contributed by atoms with E-state index in [-0.39, 0.29) is 12.2 Å². The lowest BCUT2D eigenvalue weighted by atomic mass is 10.2. The molecule has 0 amide bonds. The van der Waals surface area contributed by atoms with Crippen LogP contribution in [-0.2, 0) is 4.74 Å². The van der Waals surface area contributed by atoms with Gasteiger partial charge in [0.2, 0.25) is 11.8 Å². The lowest BCUT2D eigenvalue weighted by molar-refractivity contribution is -0.0821. The van der Waals surface area contributed by atoms with Crippen LogP contribution >= 0.6 is 11.6 Å². The lowest BCUT2D eigenvalue weighted by Crippen LogP contribution is -2.40. The molecule has 0 aliphatic carbocycles. The number of halogens is 1. The van der Waals surface area contributed by atoms with Crippen LogP contribution < -0.4 is 0 Å². The molecule has 0 radical (unpaired) electrons. The Kier molecular flexibility index (Phi) is 3.69. The van der Waals surface area contributed by atoms with E-state index in [2.05, 4.69) is 20.1 Å². The van der Waals surface area contributed by atoms with Gasteiger partial charge >= 0.3 is 0 Å². The zero-order chi connectivity index (χ0) is 14.1. The molecule has 6 nitrogen and oxygen atoms in total. The highest BCUT2D eigenvalue weighted by Gasteiger charge is 2.28. The van der Waals surface area contributed by atoms with Gasteiger partial charge in [-0.05, 0) is 20.0 Å². The van der Waals surface area contributed by atoms with E-state index in [0.29, 0.717) is 22.4 Å². The molecule has 3 rings (SSSR count). The van der Waals surface area contributed by atoms with Crippen LogP contribution in [0.4, 0.5) is 0 Å². The fourth-order valence-corrected chi connectivity index (χ4v) is 2.52. The molecular weight excluding hydrogens is 280 g/mol. The predicted octanol–water partition coefficient (Wildman–Crippen LogP) is 2.18. The highest BCUT2D eigenvalue weighted by molar-refractivity contribution is 6.32. The Bertz CT molecular complexity index is 594. The minimum absolute atomic E-state index is 0.138. The number of aromatic nitrogens is 3. The molecule has 2 atom stereocenters. The Morgan fingerprint density at radius 3 is 2.95 bits per heavy atom. The third-order valence-corrected chi connectivity index (χ3v) is 3.46. The summed E-state index contributed by atoms with van der Waals surface area (Å²) >= 11 is 6.07. The van der Waals surface area contributed by atoms with Gasteiger partial charge in [0.25, 0.3) is 0 Å². The quantitative estimate of drug-likeness (QED) is 0.846. The van der Waals surface area contributed by atoms with Crippen molar-refractivity contribution in [1.82, 2.24) is 20.1 Å². The monoisotopic (exact) mass is 294 g/mol. The van der Waals surface area contributed by atoms with Crippen LogP contribution in [0, 0.1) is 0 Å². The molecule has 1 aliphatic heterocycles. The maximum absolute atomic E-state index is 6.07. The number of hydrogen-bond acceptors (Lipinski definition) is 6. The number of pyridine rings is 1. The van der Waals surface area contributed by atoms with Gasteiger partial charge in [-0.3, -0.25) is 4.98 Å². The summed E-state index contributed by atoms with van der Waals surface area (Å²) in [5.41, 5.74) is 0.678. The number of likely N-dealkylation sites (N-methyl/N-ethyl adjacent to an activating group) is 1. The molecule has 0 N–H and O–H groups in total. The average molecular weight is 295 g/mol. The normalized spacial score (nSPS) is 23.9. The van der Waals surface area contributed by atoms with E-state index in [4.69, 9.17) is 20.8 Å². The van der Waals surface area contributed by atoms with E-state index in [0.717, 1.165) is 13.1 Å². The molecule has 2 aromatic heterocycles. The fraction of sp³-hybridized carbons (Fsp3) is 0.462. The molecule has 1 aliphatic rings. The van der Waals surface area contributed by atoms with Crippen LogP contribution in [0.3, 0.4) is 0 Å². The van der Waals surface area contributed by atoms with Crippen LogP contribution in [0.25, 0.3) is 11.5 Å². The van der Waals surface area contributed by atoms with Crippen molar-refractivity contribution >= 4 is 11.6 Å². The van der Waals surface area contributed by atoms with E-state index >= 15 is 0 Å². The first-order valence-electron chi connectivity index (χ1n) is 6.41. The SMILES string of the molecule is C[C@@H]1CN(C)C[C@H](c2nnc(-c3ccncc3Cl)o2)O1. The van der Waals surface area contributed by atoms with E-state index in [1.807, 2.05) is 14.0 Å². The molecular formula is C13H15ClN4O2. The number of hydrogen-bond donors (Lipinski definition) is 0.